The van der Waals surface area contributed by atoms with Crippen LogP contribution in [-0.4, -0.2) is 16.1 Å². The third kappa shape index (κ3) is 3.02. The minimum atomic E-state index is -1.39. The molecular formula is C15H27NSi2. The zero-order valence-electron chi connectivity index (χ0n) is 12.7. The summed E-state index contributed by atoms with van der Waals surface area (Å²) in [6.07, 6.45) is 2.01. The molecule has 100 valence electrons. The molecule has 0 spiro atoms. The fraction of sp³-hybridized carbons (Fsp3) is 0.467. The molecule has 0 aliphatic rings. The van der Waals surface area contributed by atoms with Crippen LogP contribution in [0.5, 0.6) is 0 Å². The summed E-state index contributed by atoms with van der Waals surface area (Å²) >= 11 is 0. The maximum Gasteiger partial charge on any atom is 0.0782 e. The first-order valence-corrected chi connectivity index (χ1v) is 13.6. The molecule has 0 fully saturated rings. The van der Waals surface area contributed by atoms with Gasteiger partial charge in [0.05, 0.1) is 16.1 Å². The first kappa shape index (κ1) is 15.4. The highest BCUT2D eigenvalue weighted by Gasteiger charge is 2.31. The van der Waals surface area contributed by atoms with E-state index in [2.05, 4.69) is 58.0 Å². The Bertz CT molecular complexity index is 451. The van der Waals surface area contributed by atoms with Crippen LogP contribution < -0.4 is 16.1 Å². The molecule has 0 amide bonds. The molecule has 1 aromatic carbocycles. The Balaban J connectivity index is 3.76. The SMILES string of the molecule is C=Cc1ccc(CN)c([Si](C)(C)C)c1[Si](C)(C)C. The normalized spacial score (nSPS) is 12.6. The molecular weight excluding hydrogens is 250 g/mol. The van der Waals surface area contributed by atoms with Crippen LogP contribution in [0.1, 0.15) is 11.1 Å². The summed E-state index contributed by atoms with van der Waals surface area (Å²) in [5, 5.41) is 3.17. The van der Waals surface area contributed by atoms with E-state index in [0.717, 1.165) is 0 Å². The van der Waals surface area contributed by atoms with Gasteiger partial charge in [0.25, 0.3) is 0 Å². The summed E-state index contributed by atoms with van der Waals surface area (Å²) in [6, 6.07) is 4.40. The quantitative estimate of drug-likeness (QED) is 0.842. The third-order valence-electron chi connectivity index (χ3n) is 3.26. The molecule has 1 aromatic rings. The summed E-state index contributed by atoms with van der Waals surface area (Å²) in [4.78, 5) is 0. The molecule has 0 radical (unpaired) electrons. The number of nitrogens with two attached hydrogens (primary N) is 1. The van der Waals surface area contributed by atoms with Crippen LogP contribution in [0.3, 0.4) is 0 Å². The van der Waals surface area contributed by atoms with Gasteiger partial charge in [-0.15, -0.1) is 0 Å². The first-order chi connectivity index (χ1) is 8.12. The minimum absolute atomic E-state index is 0.647. The van der Waals surface area contributed by atoms with E-state index in [9.17, 15) is 0 Å². The topological polar surface area (TPSA) is 26.0 Å². The average Bonchev–Trinajstić information content (AvgIpc) is 2.24. The van der Waals surface area contributed by atoms with Crippen LogP contribution in [0.2, 0.25) is 39.3 Å². The van der Waals surface area contributed by atoms with E-state index in [1.807, 2.05) is 6.08 Å². The number of rotatable bonds is 4. The Morgan fingerprint density at radius 1 is 1.00 bits per heavy atom. The Morgan fingerprint density at radius 2 is 1.50 bits per heavy atom. The van der Waals surface area contributed by atoms with E-state index < -0.39 is 16.1 Å². The van der Waals surface area contributed by atoms with Crippen LogP contribution in [0.25, 0.3) is 6.08 Å². The lowest BCUT2D eigenvalue weighted by Gasteiger charge is -2.32. The fourth-order valence-electron chi connectivity index (χ4n) is 2.67. The second-order valence-corrected chi connectivity index (χ2v) is 17.0. The second-order valence-electron chi connectivity index (χ2n) is 6.97. The molecule has 0 aliphatic carbocycles. The highest BCUT2D eigenvalue weighted by Crippen LogP contribution is 2.14. The van der Waals surface area contributed by atoms with Crippen molar-refractivity contribution in [3.63, 3.8) is 0 Å². The summed E-state index contributed by atoms with van der Waals surface area (Å²) in [5.41, 5.74) is 8.63. The summed E-state index contributed by atoms with van der Waals surface area (Å²) in [5.74, 6) is 0. The Hall–Kier alpha value is -0.646. The number of benzene rings is 1. The van der Waals surface area contributed by atoms with E-state index in [1.54, 1.807) is 10.4 Å². The van der Waals surface area contributed by atoms with Crippen molar-refractivity contribution in [1.29, 1.82) is 0 Å². The van der Waals surface area contributed by atoms with Crippen molar-refractivity contribution < 1.29 is 0 Å². The standard InChI is InChI=1S/C15H27NSi2/c1-8-12-9-10-13(11-16)15(18(5,6)7)14(12)17(2,3)4/h8-10H,1,11,16H2,2-7H3. The fourth-order valence-corrected chi connectivity index (χ4v) is 8.92. The van der Waals surface area contributed by atoms with Gasteiger partial charge in [-0.25, -0.2) is 0 Å². The highest BCUT2D eigenvalue weighted by molar-refractivity contribution is 6.99. The van der Waals surface area contributed by atoms with Crippen LogP contribution >= 0.6 is 0 Å². The molecule has 0 aromatic heterocycles. The number of hydrogen-bond acceptors (Lipinski definition) is 1. The Kier molecular flexibility index (Phi) is 4.41. The zero-order valence-corrected chi connectivity index (χ0v) is 14.7. The lowest BCUT2D eigenvalue weighted by atomic mass is 10.1. The number of hydrogen-bond donors (Lipinski definition) is 1. The predicted octanol–water partition coefficient (Wildman–Crippen LogP) is 2.88. The van der Waals surface area contributed by atoms with Crippen molar-refractivity contribution in [3.05, 3.63) is 29.8 Å². The molecule has 1 nitrogen and oxygen atoms in total. The van der Waals surface area contributed by atoms with Gasteiger partial charge in [0.1, 0.15) is 0 Å². The first-order valence-electron chi connectivity index (χ1n) is 6.62. The highest BCUT2D eigenvalue weighted by atomic mass is 28.3. The van der Waals surface area contributed by atoms with Crippen LogP contribution in [0.4, 0.5) is 0 Å². The summed E-state index contributed by atoms with van der Waals surface area (Å²) in [7, 11) is -2.79. The van der Waals surface area contributed by atoms with Gasteiger partial charge in [-0.2, -0.15) is 0 Å². The van der Waals surface area contributed by atoms with E-state index in [4.69, 9.17) is 5.73 Å². The molecule has 0 unspecified atom stereocenters. The van der Waals surface area contributed by atoms with Gasteiger partial charge in [0.15, 0.2) is 0 Å². The molecule has 0 atom stereocenters. The third-order valence-corrected chi connectivity index (χ3v) is 7.62. The van der Waals surface area contributed by atoms with Crippen molar-refractivity contribution in [2.45, 2.75) is 45.8 Å². The van der Waals surface area contributed by atoms with Crippen molar-refractivity contribution >= 4 is 32.6 Å². The second kappa shape index (κ2) is 5.15. The zero-order chi connectivity index (χ0) is 14.1. The lowest BCUT2D eigenvalue weighted by molar-refractivity contribution is 1.08. The van der Waals surface area contributed by atoms with Crippen molar-refractivity contribution in [1.82, 2.24) is 0 Å². The van der Waals surface area contributed by atoms with E-state index in [0.29, 0.717) is 6.54 Å². The van der Waals surface area contributed by atoms with E-state index in [-0.39, 0.29) is 0 Å². The molecule has 0 saturated heterocycles. The predicted molar refractivity (Wildman–Crippen MR) is 90.4 cm³/mol. The molecule has 0 bridgehead atoms. The molecule has 2 N–H and O–H groups in total. The van der Waals surface area contributed by atoms with Gasteiger partial charge >= 0.3 is 0 Å². The molecule has 0 heterocycles. The summed E-state index contributed by atoms with van der Waals surface area (Å²) < 4.78 is 0. The molecule has 3 heteroatoms. The smallest absolute Gasteiger partial charge is 0.0782 e. The monoisotopic (exact) mass is 277 g/mol. The van der Waals surface area contributed by atoms with E-state index in [1.165, 1.54) is 11.1 Å². The van der Waals surface area contributed by atoms with Gasteiger partial charge in [-0.3, -0.25) is 0 Å². The maximum absolute atomic E-state index is 5.96. The summed E-state index contributed by atoms with van der Waals surface area (Å²) in [6.45, 7) is 19.1. The van der Waals surface area contributed by atoms with Crippen molar-refractivity contribution in [3.8, 4) is 0 Å². The van der Waals surface area contributed by atoms with Gasteiger partial charge in [0.2, 0.25) is 0 Å². The van der Waals surface area contributed by atoms with Crippen LogP contribution in [-0.2, 0) is 6.54 Å². The van der Waals surface area contributed by atoms with Gasteiger partial charge in [-0.05, 0) is 11.1 Å². The average molecular weight is 278 g/mol. The Morgan fingerprint density at radius 3 is 1.83 bits per heavy atom. The van der Waals surface area contributed by atoms with Crippen LogP contribution in [0, 0.1) is 0 Å². The van der Waals surface area contributed by atoms with Gasteiger partial charge in [-0.1, -0.05) is 74.4 Å². The van der Waals surface area contributed by atoms with Gasteiger partial charge < -0.3 is 5.73 Å². The van der Waals surface area contributed by atoms with Crippen molar-refractivity contribution in [2.75, 3.05) is 0 Å². The molecule has 18 heavy (non-hydrogen) atoms. The van der Waals surface area contributed by atoms with Crippen molar-refractivity contribution in [2.24, 2.45) is 5.73 Å². The van der Waals surface area contributed by atoms with E-state index >= 15 is 0 Å². The Labute approximate surface area is 114 Å². The van der Waals surface area contributed by atoms with Crippen LogP contribution in [0.15, 0.2) is 18.7 Å². The minimum Gasteiger partial charge on any atom is -0.327 e. The molecule has 0 saturated carbocycles. The molecule has 0 aliphatic heterocycles. The lowest BCUT2D eigenvalue weighted by Crippen LogP contribution is -2.59. The molecule has 1 rings (SSSR count). The van der Waals surface area contributed by atoms with Gasteiger partial charge in [0, 0.05) is 6.54 Å². The maximum atomic E-state index is 5.96. The largest absolute Gasteiger partial charge is 0.327 e.